The molecule has 0 aliphatic carbocycles. The van der Waals surface area contributed by atoms with Gasteiger partial charge in [0.25, 0.3) is 0 Å². The van der Waals surface area contributed by atoms with E-state index in [-0.39, 0.29) is 18.6 Å². The molecule has 3 rings (SSSR count). The van der Waals surface area contributed by atoms with Gasteiger partial charge >= 0.3 is 0 Å². The van der Waals surface area contributed by atoms with E-state index in [4.69, 9.17) is 9.47 Å². The number of aromatic nitrogens is 2. The van der Waals surface area contributed by atoms with Crippen molar-refractivity contribution in [1.29, 1.82) is 0 Å². The Morgan fingerprint density at radius 1 is 1.16 bits per heavy atom. The SMILES string of the molecule is CNc1nccc(-c2cc(NCC(=O)NCCOC(C)C)c3cc(OC)ccc3c2)n1. The first-order valence-electron chi connectivity index (χ1n) is 10.2. The van der Waals surface area contributed by atoms with Crippen LogP contribution in [0.15, 0.2) is 42.6 Å². The molecule has 8 heteroatoms. The van der Waals surface area contributed by atoms with Gasteiger partial charge in [-0.15, -0.1) is 0 Å². The van der Waals surface area contributed by atoms with E-state index < -0.39 is 0 Å². The lowest BCUT2D eigenvalue weighted by atomic mass is 10.0. The molecule has 1 aromatic heterocycles. The highest BCUT2D eigenvalue weighted by atomic mass is 16.5. The minimum Gasteiger partial charge on any atom is -0.497 e. The summed E-state index contributed by atoms with van der Waals surface area (Å²) in [5.74, 6) is 1.19. The average molecular weight is 424 g/mol. The van der Waals surface area contributed by atoms with Crippen molar-refractivity contribution in [1.82, 2.24) is 15.3 Å². The molecular formula is C23H29N5O3. The largest absolute Gasteiger partial charge is 0.497 e. The fourth-order valence-electron chi connectivity index (χ4n) is 3.12. The zero-order valence-corrected chi connectivity index (χ0v) is 18.4. The van der Waals surface area contributed by atoms with E-state index in [0.717, 1.165) is 33.5 Å². The molecule has 0 radical (unpaired) electrons. The Balaban J connectivity index is 1.84. The molecule has 1 amide bonds. The zero-order valence-electron chi connectivity index (χ0n) is 18.4. The maximum atomic E-state index is 12.3. The van der Waals surface area contributed by atoms with Gasteiger partial charge < -0.3 is 25.4 Å². The van der Waals surface area contributed by atoms with E-state index in [2.05, 4.69) is 32.0 Å². The van der Waals surface area contributed by atoms with Crippen LogP contribution in [-0.2, 0) is 9.53 Å². The third kappa shape index (κ3) is 6.05. The standard InChI is InChI=1S/C23H29N5O3/c1-15(2)31-10-9-25-22(29)14-27-21-12-17(20-7-8-26-23(24-3)28-20)11-16-5-6-18(30-4)13-19(16)21/h5-8,11-13,15,27H,9-10,14H2,1-4H3,(H,25,29)(H,24,26,28). The topological polar surface area (TPSA) is 97.4 Å². The molecule has 0 saturated heterocycles. The van der Waals surface area contributed by atoms with Crippen LogP contribution in [-0.4, -0.2) is 55.8 Å². The average Bonchev–Trinajstić information content (AvgIpc) is 2.79. The second-order valence-corrected chi connectivity index (χ2v) is 7.25. The fourth-order valence-corrected chi connectivity index (χ4v) is 3.12. The van der Waals surface area contributed by atoms with Crippen molar-refractivity contribution in [2.45, 2.75) is 20.0 Å². The lowest BCUT2D eigenvalue weighted by Gasteiger charge is -2.14. The van der Waals surface area contributed by atoms with Crippen LogP contribution in [0.1, 0.15) is 13.8 Å². The normalized spacial score (nSPS) is 10.9. The number of rotatable bonds is 10. The quantitative estimate of drug-likeness (QED) is 0.431. The van der Waals surface area contributed by atoms with Gasteiger partial charge in [-0.2, -0.15) is 0 Å². The minimum absolute atomic E-state index is 0.103. The van der Waals surface area contributed by atoms with Gasteiger partial charge in [0.05, 0.1) is 32.1 Å². The van der Waals surface area contributed by atoms with Crippen LogP contribution in [0.25, 0.3) is 22.0 Å². The van der Waals surface area contributed by atoms with Gasteiger partial charge in [-0.05, 0) is 49.6 Å². The molecule has 0 aliphatic rings. The van der Waals surface area contributed by atoms with Gasteiger partial charge in [0.1, 0.15) is 5.75 Å². The maximum absolute atomic E-state index is 12.3. The molecule has 0 atom stereocenters. The fraction of sp³-hybridized carbons (Fsp3) is 0.348. The van der Waals surface area contributed by atoms with Crippen LogP contribution in [0, 0.1) is 0 Å². The van der Waals surface area contributed by atoms with Crippen molar-refractivity contribution in [3.05, 3.63) is 42.6 Å². The first-order chi connectivity index (χ1) is 15.0. The molecule has 3 aromatic rings. The summed E-state index contributed by atoms with van der Waals surface area (Å²) in [6, 6.07) is 11.8. The molecule has 1 heterocycles. The van der Waals surface area contributed by atoms with E-state index in [1.807, 2.05) is 44.2 Å². The van der Waals surface area contributed by atoms with Gasteiger partial charge in [-0.3, -0.25) is 4.79 Å². The van der Waals surface area contributed by atoms with E-state index in [9.17, 15) is 4.79 Å². The number of hydrogen-bond donors (Lipinski definition) is 3. The van der Waals surface area contributed by atoms with Gasteiger partial charge in [-0.25, -0.2) is 9.97 Å². The summed E-state index contributed by atoms with van der Waals surface area (Å²) in [4.78, 5) is 21.0. The molecule has 31 heavy (non-hydrogen) atoms. The van der Waals surface area contributed by atoms with E-state index in [1.165, 1.54) is 0 Å². The van der Waals surface area contributed by atoms with Gasteiger partial charge in [-0.1, -0.05) is 6.07 Å². The zero-order chi connectivity index (χ0) is 22.2. The molecule has 3 N–H and O–H groups in total. The molecule has 8 nitrogen and oxygen atoms in total. The van der Waals surface area contributed by atoms with Crippen LogP contribution in [0.4, 0.5) is 11.6 Å². The van der Waals surface area contributed by atoms with E-state index >= 15 is 0 Å². The lowest BCUT2D eigenvalue weighted by molar-refractivity contribution is -0.119. The van der Waals surface area contributed by atoms with Crippen LogP contribution < -0.4 is 20.7 Å². The molecule has 0 saturated carbocycles. The lowest BCUT2D eigenvalue weighted by Crippen LogP contribution is -2.32. The molecular weight excluding hydrogens is 394 g/mol. The molecule has 0 bridgehead atoms. The molecule has 164 valence electrons. The Kier molecular flexibility index (Phi) is 7.61. The summed E-state index contributed by atoms with van der Waals surface area (Å²) in [6.45, 7) is 5.03. The summed E-state index contributed by atoms with van der Waals surface area (Å²) >= 11 is 0. The molecule has 0 unspecified atom stereocenters. The summed E-state index contributed by atoms with van der Waals surface area (Å²) in [5.41, 5.74) is 2.53. The van der Waals surface area contributed by atoms with Crippen molar-refractivity contribution in [2.24, 2.45) is 0 Å². The number of carbonyl (C=O) groups is 1. The first kappa shape index (κ1) is 22.3. The number of anilines is 2. The van der Waals surface area contributed by atoms with Crippen LogP contribution >= 0.6 is 0 Å². The third-order valence-corrected chi connectivity index (χ3v) is 4.65. The second kappa shape index (κ2) is 10.6. The Morgan fingerprint density at radius 3 is 2.74 bits per heavy atom. The number of methoxy groups -OCH3 is 1. The summed E-state index contributed by atoms with van der Waals surface area (Å²) < 4.78 is 10.8. The number of nitrogens with zero attached hydrogens (tertiary/aromatic N) is 2. The molecule has 2 aromatic carbocycles. The smallest absolute Gasteiger partial charge is 0.239 e. The summed E-state index contributed by atoms with van der Waals surface area (Å²) in [7, 11) is 3.42. The summed E-state index contributed by atoms with van der Waals surface area (Å²) in [6.07, 6.45) is 1.86. The first-order valence-corrected chi connectivity index (χ1v) is 10.2. The van der Waals surface area contributed by atoms with Crippen LogP contribution in [0.2, 0.25) is 0 Å². The second-order valence-electron chi connectivity index (χ2n) is 7.25. The molecule has 0 aliphatic heterocycles. The maximum Gasteiger partial charge on any atom is 0.239 e. The van der Waals surface area contributed by atoms with Crippen molar-refractivity contribution in [3.63, 3.8) is 0 Å². The number of fused-ring (bicyclic) bond motifs is 1. The van der Waals surface area contributed by atoms with Crippen LogP contribution in [0.5, 0.6) is 5.75 Å². The summed E-state index contributed by atoms with van der Waals surface area (Å²) in [5, 5.41) is 11.0. The Hall–Kier alpha value is -3.39. The van der Waals surface area contributed by atoms with Crippen molar-refractivity contribution in [3.8, 4) is 17.0 Å². The van der Waals surface area contributed by atoms with Crippen molar-refractivity contribution < 1.29 is 14.3 Å². The number of nitrogens with one attached hydrogen (secondary N) is 3. The van der Waals surface area contributed by atoms with E-state index in [0.29, 0.717) is 19.1 Å². The Labute approximate surface area is 182 Å². The number of carbonyl (C=O) groups excluding carboxylic acids is 1. The number of benzene rings is 2. The number of ether oxygens (including phenoxy) is 2. The highest BCUT2D eigenvalue weighted by Crippen LogP contribution is 2.32. The Morgan fingerprint density at radius 2 is 2.00 bits per heavy atom. The Bertz CT molecular complexity index is 1040. The van der Waals surface area contributed by atoms with Crippen LogP contribution in [0.3, 0.4) is 0 Å². The highest BCUT2D eigenvalue weighted by Gasteiger charge is 2.10. The minimum atomic E-state index is -0.103. The monoisotopic (exact) mass is 423 g/mol. The number of hydrogen-bond acceptors (Lipinski definition) is 7. The number of amides is 1. The van der Waals surface area contributed by atoms with Crippen molar-refractivity contribution >= 4 is 28.3 Å². The highest BCUT2D eigenvalue weighted by molar-refractivity contribution is 5.99. The van der Waals surface area contributed by atoms with Crippen molar-refractivity contribution in [2.75, 3.05) is 44.5 Å². The predicted molar refractivity (Wildman–Crippen MR) is 124 cm³/mol. The van der Waals surface area contributed by atoms with Gasteiger partial charge in [0.15, 0.2) is 0 Å². The van der Waals surface area contributed by atoms with Gasteiger partial charge in [0.2, 0.25) is 11.9 Å². The van der Waals surface area contributed by atoms with Gasteiger partial charge in [0, 0.05) is 36.4 Å². The molecule has 0 fully saturated rings. The predicted octanol–water partition coefficient (Wildman–Crippen LogP) is 3.30. The van der Waals surface area contributed by atoms with E-state index in [1.54, 1.807) is 20.4 Å². The third-order valence-electron chi connectivity index (χ3n) is 4.65. The molecule has 0 spiro atoms.